The minimum Gasteiger partial charge on any atom is -0.497 e. The van der Waals surface area contributed by atoms with Gasteiger partial charge in [-0.25, -0.2) is 0 Å². The molecule has 0 aromatic heterocycles. The van der Waals surface area contributed by atoms with Crippen LogP contribution in [0.15, 0.2) is 42.5 Å². The van der Waals surface area contributed by atoms with Gasteiger partial charge in [0.05, 0.1) is 32.8 Å². The van der Waals surface area contributed by atoms with E-state index in [0.29, 0.717) is 11.5 Å². The number of hydrogen-bond donors (Lipinski definition) is 0. The smallest absolute Gasteiger partial charge is 0.234 e. The summed E-state index contributed by atoms with van der Waals surface area (Å²) in [6, 6.07) is 13.4. The quantitative estimate of drug-likeness (QED) is 0.446. The Labute approximate surface area is 173 Å². The molecule has 1 saturated heterocycles. The second-order valence-corrected chi connectivity index (χ2v) is 7.66. The Balaban J connectivity index is 2.06. The van der Waals surface area contributed by atoms with Gasteiger partial charge in [-0.3, -0.25) is 4.79 Å². The van der Waals surface area contributed by atoms with E-state index in [4.69, 9.17) is 14.2 Å². The van der Waals surface area contributed by atoms with Crippen LogP contribution in [0.4, 0.5) is 5.69 Å². The third kappa shape index (κ3) is 3.59. The fourth-order valence-electron chi connectivity index (χ4n) is 3.52. The van der Waals surface area contributed by atoms with E-state index in [1.54, 1.807) is 21.3 Å². The van der Waals surface area contributed by atoms with Gasteiger partial charge in [0.25, 0.3) is 0 Å². The maximum atomic E-state index is 13.3. The number of alkyl halides is 1. The Morgan fingerprint density at radius 3 is 2.26 bits per heavy atom. The molecular formula is C21H24INO4. The zero-order chi connectivity index (χ0) is 19.6. The molecule has 1 amide bonds. The summed E-state index contributed by atoms with van der Waals surface area (Å²) in [6.07, 6.45) is 0.746. The van der Waals surface area contributed by atoms with Gasteiger partial charge in [0.1, 0.15) is 5.75 Å². The number of rotatable bonds is 6. The monoisotopic (exact) mass is 481 g/mol. The van der Waals surface area contributed by atoms with Crippen LogP contribution in [0.25, 0.3) is 0 Å². The van der Waals surface area contributed by atoms with E-state index in [2.05, 4.69) is 22.6 Å². The number of amides is 1. The van der Waals surface area contributed by atoms with Crippen LogP contribution in [0.5, 0.6) is 17.2 Å². The van der Waals surface area contributed by atoms with E-state index in [-0.39, 0.29) is 11.9 Å². The molecule has 5 nitrogen and oxygen atoms in total. The molecule has 27 heavy (non-hydrogen) atoms. The number of carbonyl (C=O) groups is 1. The summed E-state index contributed by atoms with van der Waals surface area (Å²) in [5, 5.41) is 0. The third-order valence-corrected chi connectivity index (χ3v) is 6.81. The Kier molecular flexibility index (Phi) is 5.83. The topological polar surface area (TPSA) is 48.0 Å². The molecule has 2 aromatic carbocycles. The van der Waals surface area contributed by atoms with Crippen LogP contribution in [-0.2, 0) is 4.79 Å². The lowest BCUT2D eigenvalue weighted by molar-refractivity contribution is -0.123. The second-order valence-electron chi connectivity index (χ2n) is 6.90. The van der Waals surface area contributed by atoms with Crippen LogP contribution in [0.1, 0.15) is 24.9 Å². The van der Waals surface area contributed by atoms with Crippen molar-refractivity contribution in [1.82, 2.24) is 0 Å². The van der Waals surface area contributed by atoms with Crippen molar-refractivity contribution in [1.29, 1.82) is 0 Å². The Morgan fingerprint density at radius 1 is 1.04 bits per heavy atom. The van der Waals surface area contributed by atoms with Gasteiger partial charge in [-0.2, -0.15) is 0 Å². The molecule has 1 aliphatic rings. The minimum absolute atomic E-state index is 0.0644. The van der Waals surface area contributed by atoms with E-state index in [9.17, 15) is 4.79 Å². The number of carbonyl (C=O) groups excluding carboxylic acids is 1. The fraction of sp³-hybridized carbons (Fsp3) is 0.381. The fourth-order valence-corrected chi connectivity index (χ4v) is 4.15. The van der Waals surface area contributed by atoms with E-state index in [1.165, 1.54) is 0 Å². The molecule has 1 aliphatic heterocycles. The van der Waals surface area contributed by atoms with Crippen molar-refractivity contribution in [2.24, 2.45) is 5.41 Å². The lowest BCUT2D eigenvalue weighted by Crippen LogP contribution is -2.34. The highest BCUT2D eigenvalue weighted by molar-refractivity contribution is 14.1. The number of hydrogen-bond acceptors (Lipinski definition) is 4. The standard InChI is InChI=1S/C21H24INO4/c1-21(13-22)12-17(14-5-10-18(26-3)19(11-14)27-4)23(20(21)24)15-6-8-16(25-2)9-7-15/h5-11,17H,12-13H2,1-4H3/t17-,21-/m1/s1. The molecule has 0 spiro atoms. The molecule has 144 valence electrons. The number of methoxy groups -OCH3 is 3. The van der Waals surface area contributed by atoms with Crippen molar-refractivity contribution >= 4 is 34.2 Å². The van der Waals surface area contributed by atoms with Gasteiger partial charge in [0.15, 0.2) is 11.5 Å². The van der Waals surface area contributed by atoms with Gasteiger partial charge in [0.2, 0.25) is 5.91 Å². The molecule has 2 aromatic rings. The van der Waals surface area contributed by atoms with Gasteiger partial charge in [0, 0.05) is 10.1 Å². The first-order chi connectivity index (χ1) is 13.0. The van der Waals surface area contributed by atoms with Crippen molar-refractivity contribution in [3.05, 3.63) is 48.0 Å². The average molecular weight is 481 g/mol. The Bertz CT molecular complexity index is 823. The van der Waals surface area contributed by atoms with Gasteiger partial charge in [-0.1, -0.05) is 28.7 Å². The summed E-state index contributed by atoms with van der Waals surface area (Å²) < 4.78 is 16.8. The van der Waals surface area contributed by atoms with Crippen LogP contribution < -0.4 is 19.1 Å². The van der Waals surface area contributed by atoms with Crippen LogP contribution in [0.2, 0.25) is 0 Å². The minimum atomic E-state index is -0.404. The maximum absolute atomic E-state index is 13.3. The van der Waals surface area contributed by atoms with E-state index in [0.717, 1.165) is 27.8 Å². The highest BCUT2D eigenvalue weighted by Crippen LogP contribution is 2.48. The predicted octanol–water partition coefficient (Wildman–Crippen LogP) is 4.63. The first-order valence-corrected chi connectivity index (χ1v) is 10.3. The number of anilines is 1. The first kappa shape index (κ1) is 19.8. The summed E-state index contributed by atoms with van der Waals surface area (Å²) in [7, 11) is 4.88. The molecule has 0 radical (unpaired) electrons. The van der Waals surface area contributed by atoms with Crippen LogP contribution >= 0.6 is 22.6 Å². The van der Waals surface area contributed by atoms with Crippen LogP contribution in [0, 0.1) is 5.41 Å². The number of nitrogens with zero attached hydrogens (tertiary/aromatic N) is 1. The highest BCUT2D eigenvalue weighted by Gasteiger charge is 2.49. The molecule has 1 heterocycles. The zero-order valence-corrected chi connectivity index (χ0v) is 18.1. The second kappa shape index (κ2) is 7.96. The molecule has 2 atom stereocenters. The lowest BCUT2D eigenvalue weighted by atomic mass is 9.88. The van der Waals surface area contributed by atoms with Crippen molar-refractivity contribution in [3.63, 3.8) is 0 Å². The summed E-state index contributed by atoms with van der Waals surface area (Å²) >= 11 is 2.30. The predicted molar refractivity (Wildman–Crippen MR) is 114 cm³/mol. The SMILES string of the molecule is COc1ccc(N2C(=O)[C@@](C)(CI)C[C@@H]2c2ccc(OC)c(OC)c2)cc1. The Morgan fingerprint density at radius 2 is 1.70 bits per heavy atom. The first-order valence-electron chi connectivity index (χ1n) is 8.73. The average Bonchev–Trinajstić information content (AvgIpc) is 2.99. The number of ether oxygens (including phenoxy) is 3. The summed E-state index contributed by atoms with van der Waals surface area (Å²) in [5.74, 6) is 2.25. The van der Waals surface area contributed by atoms with Crippen LogP contribution in [0.3, 0.4) is 0 Å². The molecule has 0 saturated carbocycles. The van der Waals surface area contributed by atoms with E-state index in [1.807, 2.05) is 54.3 Å². The molecule has 0 aliphatic carbocycles. The molecule has 3 rings (SSSR count). The van der Waals surface area contributed by atoms with Crippen molar-refractivity contribution < 1.29 is 19.0 Å². The van der Waals surface area contributed by atoms with E-state index >= 15 is 0 Å². The molecular weight excluding hydrogens is 457 g/mol. The molecule has 0 unspecified atom stereocenters. The maximum Gasteiger partial charge on any atom is 0.234 e. The number of halogens is 1. The Hall–Kier alpha value is -1.96. The lowest BCUT2D eigenvalue weighted by Gasteiger charge is -2.26. The summed E-state index contributed by atoms with van der Waals surface area (Å²) in [5.41, 5.74) is 1.50. The number of benzene rings is 2. The van der Waals surface area contributed by atoms with Gasteiger partial charge in [-0.05, 0) is 55.3 Å². The molecule has 1 fully saturated rings. The zero-order valence-electron chi connectivity index (χ0n) is 16.0. The summed E-state index contributed by atoms with van der Waals surface area (Å²) in [4.78, 5) is 15.2. The molecule has 6 heteroatoms. The van der Waals surface area contributed by atoms with Gasteiger partial charge >= 0.3 is 0 Å². The van der Waals surface area contributed by atoms with Crippen molar-refractivity contribution in [3.8, 4) is 17.2 Å². The normalized spacial score (nSPS) is 22.0. The largest absolute Gasteiger partial charge is 0.497 e. The molecule has 0 bridgehead atoms. The van der Waals surface area contributed by atoms with E-state index < -0.39 is 5.41 Å². The van der Waals surface area contributed by atoms with Gasteiger partial charge in [-0.15, -0.1) is 0 Å². The summed E-state index contributed by atoms with van der Waals surface area (Å²) in [6.45, 7) is 2.04. The van der Waals surface area contributed by atoms with Crippen molar-refractivity contribution in [2.75, 3.05) is 30.7 Å². The third-order valence-electron chi connectivity index (χ3n) is 5.13. The van der Waals surface area contributed by atoms with Gasteiger partial charge < -0.3 is 19.1 Å². The van der Waals surface area contributed by atoms with Crippen LogP contribution in [-0.4, -0.2) is 31.7 Å². The van der Waals surface area contributed by atoms with Crippen molar-refractivity contribution in [2.45, 2.75) is 19.4 Å². The molecule has 0 N–H and O–H groups in total. The highest BCUT2D eigenvalue weighted by atomic mass is 127.